The summed E-state index contributed by atoms with van der Waals surface area (Å²) in [5.41, 5.74) is 1.60. The van der Waals surface area contributed by atoms with Crippen molar-refractivity contribution in [1.29, 1.82) is 0 Å². The van der Waals surface area contributed by atoms with Gasteiger partial charge in [-0.25, -0.2) is 9.97 Å². The molecular formula is C22H31N5O2. The van der Waals surface area contributed by atoms with E-state index in [9.17, 15) is 4.79 Å². The van der Waals surface area contributed by atoms with Gasteiger partial charge in [0.15, 0.2) is 0 Å². The minimum absolute atomic E-state index is 0.103. The lowest BCUT2D eigenvalue weighted by Crippen LogP contribution is -2.30. The van der Waals surface area contributed by atoms with Crippen LogP contribution < -0.4 is 15.0 Å². The Morgan fingerprint density at radius 1 is 1.24 bits per heavy atom. The number of carbonyl (C=O) groups excluding carboxylic acids is 1. The lowest BCUT2D eigenvalue weighted by atomic mass is 9.96. The van der Waals surface area contributed by atoms with Crippen molar-refractivity contribution in [1.82, 2.24) is 20.2 Å². The third-order valence-electron chi connectivity index (χ3n) is 5.09. The number of ether oxygens (including phenoxy) is 1. The van der Waals surface area contributed by atoms with Gasteiger partial charge in [-0.05, 0) is 38.4 Å². The molecule has 1 N–H and O–H groups in total. The number of hydrogen-bond donors (Lipinski definition) is 1. The Bertz CT molecular complexity index is 834. The number of nitrogens with zero attached hydrogens (tertiary/aromatic N) is 4. The molecule has 0 spiro atoms. The van der Waals surface area contributed by atoms with Crippen molar-refractivity contribution in [2.24, 2.45) is 0 Å². The van der Waals surface area contributed by atoms with Crippen LogP contribution in [0.2, 0.25) is 0 Å². The molecule has 0 radical (unpaired) electrons. The highest BCUT2D eigenvalue weighted by atomic mass is 16.5. The van der Waals surface area contributed by atoms with Gasteiger partial charge in [0.1, 0.15) is 17.4 Å². The fourth-order valence-corrected chi connectivity index (χ4v) is 3.53. The highest BCUT2D eigenvalue weighted by molar-refractivity contribution is 5.96. The Labute approximate surface area is 173 Å². The molecular weight excluding hydrogens is 366 g/mol. The number of carbonyl (C=O) groups is 1. The summed E-state index contributed by atoms with van der Waals surface area (Å²) in [6.07, 6.45) is 2.26. The van der Waals surface area contributed by atoms with Crippen LogP contribution in [0.4, 0.5) is 5.82 Å². The highest BCUT2D eigenvalue weighted by Gasteiger charge is 2.21. The van der Waals surface area contributed by atoms with Crippen LogP contribution in [-0.4, -0.2) is 61.6 Å². The standard InChI is InChI=1S/C22H31N5O2/c1-5-29-19-11-7-6-10-17(19)22(28)27(4)15-20-24-18(13-21(25-20)26(2)3)16-9-8-12-23-14-16/h6-7,10-11,13,16,23H,5,8-9,12,14-15H2,1-4H3/t16-/m0/s1. The SMILES string of the molecule is CCOc1ccccc1C(=O)N(C)Cc1nc([C@H]2CCCNC2)cc(N(C)C)n1. The second kappa shape index (κ2) is 9.69. The number of amides is 1. The molecule has 0 unspecified atom stereocenters. The van der Waals surface area contributed by atoms with Crippen LogP contribution in [0.3, 0.4) is 0 Å². The average molecular weight is 398 g/mol. The maximum atomic E-state index is 13.0. The van der Waals surface area contributed by atoms with Crippen molar-refractivity contribution in [3.8, 4) is 5.75 Å². The molecule has 1 aliphatic rings. The number of nitrogens with one attached hydrogen (secondary N) is 1. The minimum atomic E-state index is -0.103. The van der Waals surface area contributed by atoms with E-state index in [-0.39, 0.29) is 5.91 Å². The van der Waals surface area contributed by atoms with Crippen molar-refractivity contribution in [2.45, 2.75) is 32.2 Å². The lowest BCUT2D eigenvalue weighted by Gasteiger charge is -2.25. The van der Waals surface area contributed by atoms with E-state index in [0.29, 0.717) is 36.2 Å². The van der Waals surface area contributed by atoms with Crippen LogP contribution >= 0.6 is 0 Å². The van der Waals surface area contributed by atoms with Gasteiger partial charge in [-0.2, -0.15) is 0 Å². The molecule has 2 aromatic rings. The third kappa shape index (κ3) is 5.23. The van der Waals surface area contributed by atoms with Crippen molar-refractivity contribution >= 4 is 11.7 Å². The topological polar surface area (TPSA) is 70.6 Å². The third-order valence-corrected chi connectivity index (χ3v) is 5.09. The van der Waals surface area contributed by atoms with E-state index in [0.717, 1.165) is 37.4 Å². The van der Waals surface area contributed by atoms with Gasteiger partial charge in [0.25, 0.3) is 5.91 Å². The van der Waals surface area contributed by atoms with E-state index in [1.807, 2.05) is 44.1 Å². The van der Waals surface area contributed by atoms with E-state index >= 15 is 0 Å². The molecule has 156 valence electrons. The fourth-order valence-electron chi connectivity index (χ4n) is 3.53. The van der Waals surface area contributed by atoms with Gasteiger partial charge in [-0.15, -0.1) is 0 Å². The predicted molar refractivity (Wildman–Crippen MR) is 115 cm³/mol. The first kappa shape index (κ1) is 21.0. The summed E-state index contributed by atoms with van der Waals surface area (Å²) < 4.78 is 5.62. The maximum Gasteiger partial charge on any atom is 0.257 e. The molecule has 1 aromatic heterocycles. The molecule has 0 aliphatic carbocycles. The van der Waals surface area contributed by atoms with E-state index in [4.69, 9.17) is 9.72 Å². The van der Waals surface area contributed by atoms with Crippen molar-refractivity contribution in [2.75, 3.05) is 45.7 Å². The van der Waals surface area contributed by atoms with E-state index in [1.165, 1.54) is 0 Å². The second-order valence-corrected chi connectivity index (χ2v) is 7.60. The summed E-state index contributed by atoms with van der Waals surface area (Å²) in [6.45, 7) is 4.76. The molecule has 2 heterocycles. The Kier molecular flexibility index (Phi) is 7.04. The van der Waals surface area contributed by atoms with Crippen molar-refractivity contribution in [3.63, 3.8) is 0 Å². The van der Waals surface area contributed by atoms with Crippen molar-refractivity contribution < 1.29 is 9.53 Å². The Hall–Kier alpha value is -2.67. The minimum Gasteiger partial charge on any atom is -0.493 e. The molecule has 3 rings (SSSR count). The van der Waals surface area contributed by atoms with Gasteiger partial charge < -0.3 is 19.9 Å². The number of benzene rings is 1. The summed E-state index contributed by atoms with van der Waals surface area (Å²) >= 11 is 0. The smallest absolute Gasteiger partial charge is 0.257 e. The number of piperidine rings is 1. The van der Waals surface area contributed by atoms with Crippen LogP contribution in [-0.2, 0) is 6.54 Å². The van der Waals surface area contributed by atoms with Gasteiger partial charge in [0, 0.05) is 39.7 Å². The molecule has 1 fully saturated rings. The Morgan fingerprint density at radius 3 is 2.72 bits per heavy atom. The first-order valence-corrected chi connectivity index (χ1v) is 10.2. The molecule has 1 aromatic carbocycles. The summed E-state index contributed by atoms with van der Waals surface area (Å²) in [4.78, 5) is 26.1. The highest BCUT2D eigenvalue weighted by Crippen LogP contribution is 2.25. The van der Waals surface area contributed by atoms with Gasteiger partial charge in [-0.1, -0.05) is 12.1 Å². The van der Waals surface area contributed by atoms with Crippen LogP contribution in [0.5, 0.6) is 5.75 Å². The zero-order valence-corrected chi connectivity index (χ0v) is 17.8. The predicted octanol–water partition coefficient (Wildman–Crippen LogP) is 2.68. The summed E-state index contributed by atoms with van der Waals surface area (Å²) in [6, 6.07) is 9.40. The van der Waals surface area contributed by atoms with E-state index in [1.54, 1.807) is 18.0 Å². The van der Waals surface area contributed by atoms with Crippen LogP contribution in [0, 0.1) is 0 Å². The van der Waals surface area contributed by atoms with Gasteiger partial charge >= 0.3 is 0 Å². The summed E-state index contributed by atoms with van der Waals surface area (Å²) in [7, 11) is 5.73. The first-order chi connectivity index (χ1) is 14.0. The second-order valence-electron chi connectivity index (χ2n) is 7.60. The monoisotopic (exact) mass is 397 g/mol. The molecule has 1 atom stereocenters. The fraction of sp³-hybridized carbons (Fsp3) is 0.500. The number of aromatic nitrogens is 2. The molecule has 29 heavy (non-hydrogen) atoms. The Morgan fingerprint density at radius 2 is 2.03 bits per heavy atom. The maximum absolute atomic E-state index is 13.0. The largest absolute Gasteiger partial charge is 0.493 e. The van der Waals surface area contributed by atoms with Crippen LogP contribution in [0.25, 0.3) is 0 Å². The first-order valence-electron chi connectivity index (χ1n) is 10.2. The zero-order chi connectivity index (χ0) is 20.8. The lowest BCUT2D eigenvalue weighted by molar-refractivity contribution is 0.0777. The normalized spacial score (nSPS) is 16.3. The van der Waals surface area contributed by atoms with Gasteiger partial charge in [-0.3, -0.25) is 4.79 Å². The van der Waals surface area contributed by atoms with Crippen molar-refractivity contribution in [3.05, 3.63) is 47.4 Å². The van der Waals surface area contributed by atoms with Crippen LogP contribution in [0.1, 0.15) is 47.6 Å². The van der Waals surface area contributed by atoms with Crippen LogP contribution in [0.15, 0.2) is 30.3 Å². The number of anilines is 1. The quantitative estimate of drug-likeness (QED) is 0.775. The molecule has 0 bridgehead atoms. The zero-order valence-electron chi connectivity index (χ0n) is 17.8. The number of rotatable bonds is 7. The van der Waals surface area contributed by atoms with E-state index < -0.39 is 0 Å². The Balaban J connectivity index is 1.83. The molecule has 0 saturated carbocycles. The molecule has 7 heteroatoms. The number of hydrogen-bond acceptors (Lipinski definition) is 6. The molecule has 7 nitrogen and oxygen atoms in total. The number of para-hydroxylation sites is 1. The molecule has 1 saturated heterocycles. The summed E-state index contributed by atoms with van der Waals surface area (Å²) in [5, 5.41) is 3.45. The van der Waals surface area contributed by atoms with E-state index in [2.05, 4.69) is 16.4 Å². The molecule has 1 amide bonds. The van der Waals surface area contributed by atoms with Gasteiger partial charge in [0.2, 0.25) is 0 Å². The average Bonchev–Trinajstić information content (AvgIpc) is 2.74. The summed E-state index contributed by atoms with van der Waals surface area (Å²) in [5.74, 6) is 2.40. The van der Waals surface area contributed by atoms with Gasteiger partial charge in [0.05, 0.1) is 24.4 Å². The molecule has 1 aliphatic heterocycles.